The van der Waals surface area contributed by atoms with Crippen LogP contribution in [0.4, 0.5) is 11.5 Å². The lowest BCUT2D eigenvalue weighted by molar-refractivity contribution is 0.0606. The van der Waals surface area contributed by atoms with Gasteiger partial charge in [0.15, 0.2) is 5.65 Å². The molecule has 0 saturated carbocycles. The fraction of sp³-hybridized carbons (Fsp3) is 0.480. The summed E-state index contributed by atoms with van der Waals surface area (Å²) < 4.78 is 28.1. The number of hydrogen-bond donors (Lipinski definition) is 1. The summed E-state index contributed by atoms with van der Waals surface area (Å²) in [7, 11) is -3.52. The number of carbonyl (C=O) groups is 1. The summed E-state index contributed by atoms with van der Waals surface area (Å²) in [6, 6.07) is 6.98. The van der Waals surface area contributed by atoms with Crippen molar-refractivity contribution in [3.8, 4) is 0 Å². The van der Waals surface area contributed by atoms with Gasteiger partial charge < -0.3 is 9.80 Å². The van der Waals surface area contributed by atoms with Crippen molar-refractivity contribution in [2.45, 2.75) is 46.1 Å². The van der Waals surface area contributed by atoms with Crippen molar-refractivity contribution < 1.29 is 13.2 Å². The zero-order chi connectivity index (χ0) is 24.9. The third kappa shape index (κ3) is 4.71. The summed E-state index contributed by atoms with van der Waals surface area (Å²) in [5.74, 6) is 1.48. The lowest BCUT2D eigenvalue weighted by atomic mass is 9.97. The number of aromatic nitrogens is 3. The van der Waals surface area contributed by atoms with Crippen LogP contribution in [0.3, 0.4) is 0 Å². The zero-order valence-corrected chi connectivity index (χ0v) is 21.5. The summed E-state index contributed by atoms with van der Waals surface area (Å²) >= 11 is 0. The Balaban J connectivity index is 1.49. The third-order valence-corrected chi connectivity index (χ3v) is 7.38. The van der Waals surface area contributed by atoms with Gasteiger partial charge in [-0.3, -0.25) is 9.52 Å². The second-order valence-electron chi connectivity index (χ2n) is 10.1. The van der Waals surface area contributed by atoms with Crippen LogP contribution in [0.5, 0.6) is 0 Å². The molecule has 0 spiro atoms. The van der Waals surface area contributed by atoms with Crippen molar-refractivity contribution >= 4 is 33.1 Å². The molecule has 0 radical (unpaired) electrons. The molecular formula is C25H32N6O3S. The molecule has 3 aromatic rings. The van der Waals surface area contributed by atoms with Crippen LogP contribution < -0.4 is 9.62 Å². The number of sulfonamides is 1. The molecule has 1 unspecified atom stereocenters. The van der Waals surface area contributed by atoms with Crippen molar-refractivity contribution in [3.05, 3.63) is 52.8 Å². The van der Waals surface area contributed by atoms with E-state index >= 15 is 0 Å². The Bertz CT molecular complexity index is 1390. The first-order valence-corrected chi connectivity index (χ1v) is 14.0. The molecule has 1 amide bonds. The summed E-state index contributed by atoms with van der Waals surface area (Å²) in [6.07, 6.45) is 5.78. The number of anilines is 2. The maximum Gasteiger partial charge on any atom is 0.256 e. The van der Waals surface area contributed by atoms with Gasteiger partial charge in [-0.15, -0.1) is 0 Å². The largest absolute Gasteiger partial charge is 0.356 e. The monoisotopic (exact) mass is 496 g/mol. The van der Waals surface area contributed by atoms with Crippen molar-refractivity contribution in [2.24, 2.45) is 5.92 Å². The average molecular weight is 497 g/mol. The van der Waals surface area contributed by atoms with Gasteiger partial charge in [0.25, 0.3) is 5.91 Å². The van der Waals surface area contributed by atoms with Gasteiger partial charge >= 0.3 is 0 Å². The highest BCUT2D eigenvalue weighted by atomic mass is 32.2. The minimum Gasteiger partial charge on any atom is -0.356 e. The highest BCUT2D eigenvalue weighted by molar-refractivity contribution is 7.92. The maximum atomic E-state index is 13.8. The van der Waals surface area contributed by atoms with E-state index in [-0.39, 0.29) is 11.9 Å². The zero-order valence-electron chi connectivity index (χ0n) is 20.7. The van der Waals surface area contributed by atoms with E-state index in [0.29, 0.717) is 23.7 Å². The molecule has 2 fully saturated rings. The first-order chi connectivity index (χ1) is 16.6. The number of piperidine rings is 1. The van der Waals surface area contributed by atoms with Gasteiger partial charge in [0, 0.05) is 37.5 Å². The number of nitrogens with one attached hydrogen (secondary N) is 1. The second-order valence-corrected chi connectivity index (χ2v) is 11.8. The minimum absolute atomic E-state index is 0.194. The molecule has 5 rings (SSSR count). The molecule has 1 aromatic carbocycles. The molecule has 2 aromatic heterocycles. The Kier molecular flexibility index (Phi) is 5.94. The maximum absolute atomic E-state index is 13.8. The molecule has 0 aliphatic carbocycles. The Morgan fingerprint density at radius 1 is 1.14 bits per heavy atom. The molecule has 1 N–H and O–H groups in total. The highest BCUT2D eigenvalue weighted by Crippen LogP contribution is 2.34. The molecule has 35 heavy (non-hydrogen) atoms. The van der Waals surface area contributed by atoms with Gasteiger partial charge in [-0.05, 0) is 51.2 Å². The van der Waals surface area contributed by atoms with E-state index < -0.39 is 10.0 Å². The highest BCUT2D eigenvalue weighted by Gasteiger charge is 2.32. The molecule has 1 atom stereocenters. The first kappa shape index (κ1) is 23.6. The molecule has 9 nitrogen and oxygen atoms in total. The molecule has 10 heteroatoms. The SMILES string of the molecule is Cc1ccc(NS(C)(=O)=O)c(C(=O)N2CCCCC2c2cc3nc(N4CC(C)C4)c(C)cn3n2)c1. The molecule has 2 aliphatic rings. The van der Waals surface area contributed by atoms with Gasteiger partial charge in [0.1, 0.15) is 5.82 Å². The van der Waals surface area contributed by atoms with Gasteiger partial charge in [0.05, 0.1) is 29.2 Å². The molecule has 4 heterocycles. The predicted octanol–water partition coefficient (Wildman–Crippen LogP) is 3.54. The normalized spacial score (nSPS) is 19.1. The number of benzene rings is 1. The Labute approximate surface area is 206 Å². The van der Waals surface area contributed by atoms with E-state index in [9.17, 15) is 13.2 Å². The number of carbonyl (C=O) groups excluding carboxylic acids is 1. The van der Waals surface area contributed by atoms with Gasteiger partial charge in [-0.1, -0.05) is 18.6 Å². The van der Waals surface area contributed by atoms with Crippen LogP contribution in [-0.4, -0.2) is 59.7 Å². The van der Waals surface area contributed by atoms with Gasteiger partial charge in [0.2, 0.25) is 10.0 Å². The standard InChI is InChI=1S/C25H32N6O3S/c1-16-8-9-20(28-35(4,33)34)19(11-16)25(32)30-10-6-5-7-22(30)21-12-23-26-24(29-13-17(2)14-29)18(3)15-31(23)27-21/h8-9,11-12,15,17,22,28H,5-7,10,13-14H2,1-4H3. The average Bonchev–Trinajstić information content (AvgIpc) is 3.19. The molecule has 2 aliphatic heterocycles. The molecule has 0 bridgehead atoms. The predicted molar refractivity (Wildman–Crippen MR) is 136 cm³/mol. The number of amides is 1. The lowest BCUT2D eigenvalue weighted by Gasteiger charge is -2.38. The molecule has 2 saturated heterocycles. The summed E-state index contributed by atoms with van der Waals surface area (Å²) in [6.45, 7) is 8.79. The van der Waals surface area contributed by atoms with Crippen molar-refractivity contribution in [1.82, 2.24) is 19.5 Å². The van der Waals surface area contributed by atoms with E-state index in [2.05, 4.69) is 23.5 Å². The smallest absolute Gasteiger partial charge is 0.256 e. The van der Waals surface area contributed by atoms with Crippen molar-refractivity contribution in [2.75, 3.05) is 35.5 Å². The summed E-state index contributed by atoms with van der Waals surface area (Å²) in [5, 5.41) is 4.81. The van der Waals surface area contributed by atoms with E-state index in [1.165, 1.54) is 0 Å². The lowest BCUT2D eigenvalue weighted by Crippen LogP contribution is -2.46. The quantitative estimate of drug-likeness (QED) is 0.580. The fourth-order valence-corrected chi connectivity index (χ4v) is 5.71. The molecule has 186 valence electrons. The van der Waals surface area contributed by atoms with Gasteiger partial charge in [-0.2, -0.15) is 5.10 Å². The van der Waals surface area contributed by atoms with Crippen molar-refractivity contribution in [1.29, 1.82) is 0 Å². The van der Waals surface area contributed by atoms with Crippen molar-refractivity contribution in [3.63, 3.8) is 0 Å². The minimum atomic E-state index is -3.52. The van der Waals surface area contributed by atoms with Crippen LogP contribution in [-0.2, 0) is 10.0 Å². The van der Waals surface area contributed by atoms with Crippen LogP contribution in [0.15, 0.2) is 30.5 Å². The Hall–Kier alpha value is -3.14. The summed E-state index contributed by atoms with van der Waals surface area (Å²) in [4.78, 5) is 22.8. The van der Waals surface area contributed by atoms with E-state index in [4.69, 9.17) is 10.1 Å². The van der Waals surface area contributed by atoms with E-state index in [0.717, 1.165) is 66.9 Å². The Morgan fingerprint density at radius 2 is 1.91 bits per heavy atom. The van der Waals surface area contributed by atoms with Gasteiger partial charge in [-0.25, -0.2) is 17.9 Å². The number of hydrogen-bond acceptors (Lipinski definition) is 6. The van der Waals surface area contributed by atoms with Crippen LogP contribution in [0.25, 0.3) is 5.65 Å². The number of fused-ring (bicyclic) bond motifs is 1. The van der Waals surface area contributed by atoms with E-state index in [1.54, 1.807) is 22.7 Å². The number of rotatable bonds is 5. The topological polar surface area (TPSA) is 99.9 Å². The third-order valence-electron chi connectivity index (χ3n) is 6.79. The number of nitrogens with zero attached hydrogens (tertiary/aromatic N) is 5. The molecular weight excluding hydrogens is 464 g/mol. The van der Waals surface area contributed by atoms with Crippen LogP contribution >= 0.6 is 0 Å². The fourth-order valence-electron chi connectivity index (χ4n) is 5.13. The Morgan fingerprint density at radius 3 is 2.63 bits per heavy atom. The second kappa shape index (κ2) is 8.82. The first-order valence-electron chi connectivity index (χ1n) is 12.1. The number of likely N-dealkylation sites (tertiary alicyclic amines) is 1. The summed E-state index contributed by atoms with van der Waals surface area (Å²) in [5.41, 5.74) is 4.20. The van der Waals surface area contributed by atoms with Crippen LogP contribution in [0.2, 0.25) is 0 Å². The number of aryl methyl sites for hydroxylation is 2. The van der Waals surface area contributed by atoms with E-state index in [1.807, 2.05) is 24.1 Å². The van der Waals surface area contributed by atoms with Crippen LogP contribution in [0.1, 0.15) is 59.4 Å². The van der Waals surface area contributed by atoms with Crippen LogP contribution in [0, 0.1) is 19.8 Å².